The molecule has 0 N–H and O–H groups in total. The first-order chi connectivity index (χ1) is 32.3. The maximum atomic E-state index is 2.55. The van der Waals surface area contributed by atoms with Gasteiger partial charge in [-0.25, -0.2) is 0 Å². The average molecular weight is 844 g/mol. The van der Waals surface area contributed by atoms with Gasteiger partial charge >= 0.3 is 0 Å². The van der Waals surface area contributed by atoms with Gasteiger partial charge in [0, 0.05) is 27.8 Å². The van der Waals surface area contributed by atoms with Gasteiger partial charge in [0.15, 0.2) is 0 Å². The van der Waals surface area contributed by atoms with E-state index in [1.807, 2.05) is 0 Å². The lowest BCUT2D eigenvalue weighted by atomic mass is 9.67. The zero-order valence-corrected chi connectivity index (χ0v) is 37.8. The van der Waals surface area contributed by atoms with E-state index in [2.05, 4.69) is 257 Å². The van der Waals surface area contributed by atoms with Crippen LogP contribution in [-0.2, 0) is 16.2 Å². The lowest BCUT2D eigenvalue weighted by Gasteiger charge is -2.34. The SMILES string of the molecule is CC1(C)c2ccccc2-c2ccc(N(c3ccc(-c4cccc5c4-c4ccccc4C5(c4ccccc4)c4ccccc4)cc3)c3cc4ccccc4c4c3-c3ccccc3C4(C)C)cc21. The van der Waals surface area contributed by atoms with Crippen LogP contribution in [0.3, 0.4) is 0 Å². The molecule has 0 aliphatic heterocycles. The van der Waals surface area contributed by atoms with Gasteiger partial charge in [0.1, 0.15) is 0 Å². The molecular weight excluding hydrogens is 795 g/mol. The van der Waals surface area contributed by atoms with Crippen molar-refractivity contribution in [3.63, 3.8) is 0 Å². The van der Waals surface area contributed by atoms with Crippen LogP contribution >= 0.6 is 0 Å². The van der Waals surface area contributed by atoms with Crippen LogP contribution < -0.4 is 4.90 Å². The molecule has 0 radical (unpaired) electrons. The molecule has 0 atom stereocenters. The van der Waals surface area contributed by atoms with E-state index in [1.165, 1.54) is 105 Å². The summed E-state index contributed by atoms with van der Waals surface area (Å²) in [7, 11) is 0. The van der Waals surface area contributed by atoms with Crippen molar-refractivity contribution in [2.75, 3.05) is 4.90 Å². The molecule has 0 fully saturated rings. The highest BCUT2D eigenvalue weighted by atomic mass is 15.1. The maximum Gasteiger partial charge on any atom is 0.0713 e. The number of anilines is 3. The van der Waals surface area contributed by atoms with E-state index in [4.69, 9.17) is 0 Å². The van der Waals surface area contributed by atoms with Crippen molar-refractivity contribution >= 4 is 27.8 Å². The van der Waals surface area contributed by atoms with Crippen molar-refractivity contribution < 1.29 is 0 Å². The fourth-order valence-electron chi connectivity index (χ4n) is 12.6. The van der Waals surface area contributed by atoms with Crippen LogP contribution in [0.25, 0.3) is 55.3 Å². The third kappa shape index (κ3) is 5.23. The fourth-order valence-corrected chi connectivity index (χ4v) is 12.6. The standard InChI is InChI=1S/C65H49N/c1-63(2)54-30-16-13-26-50(54)51-39-38-47(41-58(51)63)66(59-40-43-20-11-12-25-49(43)62-61(59)52-27-14-17-31-55(52)64(62,3)4)46-36-34-42(35-37-46)48-29-19-33-57-60(48)53-28-15-18-32-56(53)65(57,44-21-7-5-8-22-44)45-23-9-6-10-24-45/h5-41H,1-4H3. The number of rotatable bonds is 6. The number of hydrogen-bond acceptors (Lipinski definition) is 1. The molecule has 0 heterocycles. The van der Waals surface area contributed by atoms with Gasteiger partial charge in [0.2, 0.25) is 0 Å². The molecule has 0 saturated carbocycles. The minimum absolute atomic E-state index is 0.143. The second-order valence-electron chi connectivity index (χ2n) is 19.6. The Morgan fingerprint density at radius 2 is 0.848 bits per heavy atom. The Bertz CT molecular complexity index is 3540. The molecule has 314 valence electrons. The largest absolute Gasteiger partial charge is 0.310 e. The van der Waals surface area contributed by atoms with E-state index in [1.54, 1.807) is 0 Å². The summed E-state index contributed by atoms with van der Waals surface area (Å²) in [6.07, 6.45) is 0. The van der Waals surface area contributed by atoms with Crippen LogP contribution in [0.15, 0.2) is 224 Å². The summed E-state index contributed by atoms with van der Waals surface area (Å²) in [4.78, 5) is 2.55. The number of hydrogen-bond donors (Lipinski definition) is 0. The molecule has 3 aliphatic carbocycles. The molecule has 10 aromatic carbocycles. The number of benzene rings is 10. The summed E-state index contributed by atoms with van der Waals surface area (Å²) < 4.78 is 0. The minimum Gasteiger partial charge on any atom is -0.310 e. The van der Waals surface area contributed by atoms with E-state index in [0.29, 0.717) is 0 Å². The van der Waals surface area contributed by atoms with E-state index < -0.39 is 5.41 Å². The van der Waals surface area contributed by atoms with Crippen LogP contribution in [0, 0.1) is 0 Å². The second kappa shape index (κ2) is 14.1. The molecule has 0 spiro atoms. The van der Waals surface area contributed by atoms with Crippen LogP contribution in [0.1, 0.15) is 72.2 Å². The predicted molar refractivity (Wildman–Crippen MR) is 276 cm³/mol. The van der Waals surface area contributed by atoms with Crippen molar-refractivity contribution in [1.29, 1.82) is 0 Å². The van der Waals surface area contributed by atoms with Crippen molar-refractivity contribution in [2.24, 2.45) is 0 Å². The van der Waals surface area contributed by atoms with Gasteiger partial charge in [-0.3, -0.25) is 0 Å². The molecular formula is C65H49N. The van der Waals surface area contributed by atoms with Crippen LogP contribution in [-0.4, -0.2) is 0 Å². The summed E-state index contributed by atoms with van der Waals surface area (Å²) in [5, 5.41) is 2.57. The molecule has 0 unspecified atom stereocenters. The fraction of sp³-hybridized carbons (Fsp3) is 0.108. The smallest absolute Gasteiger partial charge is 0.0713 e. The summed E-state index contributed by atoms with van der Waals surface area (Å²) in [6, 6.07) is 84.3. The third-order valence-corrected chi connectivity index (χ3v) is 15.5. The predicted octanol–water partition coefficient (Wildman–Crippen LogP) is 17.0. The monoisotopic (exact) mass is 843 g/mol. The lowest BCUT2D eigenvalue weighted by molar-refractivity contribution is 0.660. The second-order valence-corrected chi connectivity index (χ2v) is 19.6. The molecule has 3 aliphatic rings. The summed E-state index contributed by atoms with van der Waals surface area (Å²) >= 11 is 0. The highest BCUT2D eigenvalue weighted by molar-refractivity contribution is 6.06. The zero-order chi connectivity index (χ0) is 44.4. The maximum absolute atomic E-state index is 2.55. The van der Waals surface area contributed by atoms with Gasteiger partial charge < -0.3 is 4.90 Å². The Balaban J connectivity index is 1.04. The van der Waals surface area contributed by atoms with Crippen molar-refractivity contribution in [1.82, 2.24) is 0 Å². The zero-order valence-electron chi connectivity index (χ0n) is 37.8. The Morgan fingerprint density at radius 1 is 0.333 bits per heavy atom. The third-order valence-electron chi connectivity index (χ3n) is 15.5. The van der Waals surface area contributed by atoms with Crippen molar-refractivity contribution in [3.05, 3.63) is 269 Å². The van der Waals surface area contributed by atoms with Gasteiger partial charge in [-0.15, -0.1) is 0 Å². The van der Waals surface area contributed by atoms with Gasteiger partial charge in [0.25, 0.3) is 0 Å². The summed E-state index contributed by atoms with van der Waals surface area (Å²) in [5.41, 5.74) is 23.7. The Kier molecular flexibility index (Phi) is 8.28. The molecule has 1 nitrogen and oxygen atoms in total. The normalized spacial score (nSPS) is 15.0. The molecule has 0 bridgehead atoms. The first kappa shape index (κ1) is 38.7. The molecule has 1 heteroatoms. The van der Waals surface area contributed by atoms with E-state index in [9.17, 15) is 0 Å². The molecule has 0 amide bonds. The minimum atomic E-state index is -0.456. The molecule has 0 saturated heterocycles. The number of fused-ring (bicyclic) bond motifs is 11. The molecule has 13 rings (SSSR count). The van der Waals surface area contributed by atoms with Crippen molar-refractivity contribution in [3.8, 4) is 44.5 Å². The van der Waals surface area contributed by atoms with Gasteiger partial charge in [-0.2, -0.15) is 0 Å². The summed E-state index contributed by atoms with van der Waals surface area (Å²) in [6.45, 7) is 9.58. The summed E-state index contributed by atoms with van der Waals surface area (Å²) in [5.74, 6) is 0. The number of nitrogens with zero attached hydrogens (tertiary/aromatic N) is 1. The van der Waals surface area contributed by atoms with Crippen molar-refractivity contribution in [2.45, 2.75) is 43.9 Å². The first-order valence-electron chi connectivity index (χ1n) is 23.4. The quantitative estimate of drug-likeness (QED) is 0.161. The average Bonchev–Trinajstić information content (AvgIpc) is 3.90. The van der Waals surface area contributed by atoms with Gasteiger partial charge in [-0.05, 0) is 125 Å². The van der Waals surface area contributed by atoms with E-state index >= 15 is 0 Å². The Morgan fingerprint density at radius 3 is 1.55 bits per heavy atom. The van der Waals surface area contributed by atoms with Gasteiger partial charge in [-0.1, -0.05) is 222 Å². The molecule has 10 aromatic rings. The molecule has 66 heavy (non-hydrogen) atoms. The first-order valence-corrected chi connectivity index (χ1v) is 23.4. The van der Waals surface area contributed by atoms with E-state index in [0.717, 1.165) is 11.4 Å². The molecule has 0 aromatic heterocycles. The van der Waals surface area contributed by atoms with Gasteiger partial charge in [0.05, 0.1) is 11.1 Å². The highest BCUT2D eigenvalue weighted by Crippen LogP contribution is 2.60. The van der Waals surface area contributed by atoms with Crippen LogP contribution in [0.4, 0.5) is 17.1 Å². The highest BCUT2D eigenvalue weighted by Gasteiger charge is 2.47. The Labute approximate surface area is 388 Å². The topological polar surface area (TPSA) is 3.24 Å². The van der Waals surface area contributed by atoms with E-state index in [-0.39, 0.29) is 10.8 Å². The van der Waals surface area contributed by atoms with Crippen LogP contribution in [0.2, 0.25) is 0 Å². The lowest BCUT2D eigenvalue weighted by Crippen LogP contribution is -2.28. The van der Waals surface area contributed by atoms with Crippen LogP contribution in [0.5, 0.6) is 0 Å². The Hall–Kier alpha value is -7.74.